The van der Waals surface area contributed by atoms with Gasteiger partial charge in [0, 0.05) is 0 Å². The number of hydrogen-bond donors (Lipinski definition) is 1. The maximum atomic E-state index is 10.6. The molecule has 0 heterocycles. The summed E-state index contributed by atoms with van der Waals surface area (Å²) < 4.78 is 21.2. The SMILES string of the molecule is Cl.Cl.Cl.NS(=O)(=O)c1ccccc1. The van der Waals surface area contributed by atoms with Crippen molar-refractivity contribution >= 4 is 47.2 Å². The zero-order valence-corrected chi connectivity index (χ0v) is 9.68. The molecule has 0 bridgehead atoms. The van der Waals surface area contributed by atoms with Crippen molar-refractivity contribution in [3.05, 3.63) is 30.3 Å². The quantitative estimate of drug-likeness (QED) is 0.839. The van der Waals surface area contributed by atoms with Crippen LogP contribution in [-0.2, 0) is 10.0 Å². The van der Waals surface area contributed by atoms with Gasteiger partial charge in [-0.3, -0.25) is 0 Å². The number of halogens is 3. The molecule has 0 aliphatic rings. The van der Waals surface area contributed by atoms with Crippen LogP contribution in [0, 0.1) is 0 Å². The van der Waals surface area contributed by atoms with E-state index >= 15 is 0 Å². The standard InChI is InChI=1S/C6H7NO2S.3ClH/c7-10(8,9)6-4-2-1-3-5-6;;;/h1-5H,(H2,7,8,9);3*1H. The van der Waals surface area contributed by atoms with Crippen LogP contribution < -0.4 is 5.14 Å². The Kier molecular flexibility index (Phi) is 10.7. The Morgan fingerprint density at radius 2 is 1.31 bits per heavy atom. The summed E-state index contributed by atoms with van der Waals surface area (Å²) in [6, 6.07) is 7.89. The molecule has 0 saturated carbocycles. The molecule has 13 heavy (non-hydrogen) atoms. The van der Waals surface area contributed by atoms with Crippen molar-refractivity contribution in [1.29, 1.82) is 0 Å². The highest BCUT2D eigenvalue weighted by atomic mass is 35.5. The lowest BCUT2D eigenvalue weighted by Crippen LogP contribution is -2.11. The van der Waals surface area contributed by atoms with Gasteiger partial charge in [0.2, 0.25) is 10.0 Å². The van der Waals surface area contributed by atoms with Crippen molar-refractivity contribution in [2.75, 3.05) is 0 Å². The van der Waals surface area contributed by atoms with Crippen LogP contribution in [0.3, 0.4) is 0 Å². The molecule has 3 nitrogen and oxygen atoms in total. The predicted molar refractivity (Wildman–Crippen MR) is 59.6 cm³/mol. The second-order valence-corrected chi connectivity index (χ2v) is 3.42. The lowest BCUT2D eigenvalue weighted by Gasteiger charge is -1.93. The summed E-state index contributed by atoms with van der Waals surface area (Å²) in [5, 5.41) is 4.83. The Morgan fingerprint density at radius 1 is 0.923 bits per heavy atom. The zero-order valence-electron chi connectivity index (χ0n) is 6.41. The van der Waals surface area contributed by atoms with Gasteiger partial charge in [-0.2, -0.15) is 0 Å². The first kappa shape index (κ1) is 18.7. The Labute approximate surface area is 96.0 Å². The van der Waals surface area contributed by atoms with Gasteiger partial charge in [-0.05, 0) is 12.1 Å². The van der Waals surface area contributed by atoms with Gasteiger partial charge in [0.25, 0.3) is 0 Å². The molecule has 0 spiro atoms. The monoisotopic (exact) mass is 265 g/mol. The molecule has 0 atom stereocenters. The molecule has 0 saturated heterocycles. The minimum Gasteiger partial charge on any atom is -0.225 e. The van der Waals surface area contributed by atoms with Crippen molar-refractivity contribution in [2.45, 2.75) is 4.90 Å². The highest BCUT2D eigenvalue weighted by Gasteiger charge is 2.03. The Balaban J connectivity index is -0.000000333. The van der Waals surface area contributed by atoms with E-state index in [1.54, 1.807) is 18.2 Å². The van der Waals surface area contributed by atoms with E-state index in [2.05, 4.69) is 0 Å². The number of nitrogens with two attached hydrogens (primary N) is 1. The second kappa shape index (κ2) is 7.41. The highest BCUT2D eigenvalue weighted by molar-refractivity contribution is 7.89. The fourth-order valence-electron chi connectivity index (χ4n) is 0.610. The van der Waals surface area contributed by atoms with E-state index in [-0.39, 0.29) is 42.1 Å². The van der Waals surface area contributed by atoms with Gasteiger partial charge in [0.1, 0.15) is 0 Å². The van der Waals surface area contributed by atoms with Gasteiger partial charge >= 0.3 is 0 Å². The number of primary sulfonamides is 1. The van der Waals surface area contributed by atoms with Crippen molar-refractivity contribution in [3.63, 3.8) is 0 Å². The van der Waals surface area contributed by atoms with Crippen LogP contribution in [-0.4, -0.2) is 8.42 Å². The summed E-state index contributed by atoms with van der Waals surface area (Å²) in [6.45, 7) is 0. The molecule has 0 radical (unpaired) electrons. The zero-order chi connectivity index (χ0) is 7.61. The maximum absolute atomic E-state index is 10.6. The highest BCUT2D eigenvalue weighted by Crippen LogP contribution is 2.02. The van der Waals surface area contributed by atoms with Gasteiger partial charge in [0.05, 0.1) is 4.90 Å². The average Bonchev–Trinajstić information content (AvgIpc) is 1.88. The van der Waals surface area contributed by atoms with Gasteiger partial charge in [-0.1, -0.05) is 18.2 Å². The van der Waals surface area contributed by atoms with E-state index in [9.17, 15) is 8.42 Å². The Hall–Kier alpha value is -0.000000000000000222. The molecule has 1 aromatic carbocycles. The molecule has 0 amide bonds. The minimum atomic E-state index is -3.50. The van der Waals surface area contributed by atoms with Crippen LogP contribution in [0.2, 0.25) is 0 Å². The van der Waals surface area contributed by atoms with Gasteiger partial charge in [-0.25, -0.2) is 13.6 Å². The van der Waals surface area contributed by atoms with Crippen molar-refractivity contribution in [1.82, 2.24) is 0 Å². The first-order chi connectivity index (χ1) is 4.61. The molecule has 1 rings (SSSR count). The van der Waals surface area contributed by atoms with Gasteiger partial charge in [0.15, 0.2) is 0 Å². The van der Waals surface area contributed by atoms with Crippen LogP contribution in [0.4, 0.5) is 0 Å². The molecule has 0 aromatic heterocycles. The van der Waals surface area contributed by atoms with Gasteiger partial charge < -0.3 is 0 Å². The largest absolute Gasteiger partial charge is 0.238 e. The van der Waals surface area contributed by atoms with Crippen LogP contribution in [0.15, 0.2) is 35.2 Å². The summed E-state index contributed by atoms with van der Waals surface area (Å²) in [7, 11) is -3.50. The van der Waals surface area contributed by atoms with E-state index in [4.69, 9.17) is 5.14 Å². The summed E-state index contributed by atoms with van der Waals surface area (Å²) in [6.07, 6.45) is 0. The third kappa shape index (κ3) is 6.12. The molecule has 0 unspecified atom stereocenters. The number of rotatable bonds is 1. The maximum Gasteiger partial charge on any atom is 0.238 e. The fraction of sp³-hybridized carbons (Fsp3) is 0. The summed E-state index contributed by atoms with van der Waals surface area (Å²) in [5.41, 5.74) is 0. The third-order valence-electron chi connectivity index (χ3n) is 1.07. The topological polar surface area (TPSA) is 60.2 Å². The van der Waals surface area contributed by atoms with Crippen LogP contribution in [0.25, 0.3) is 0 Å². The van der Waals surface area contributed by atoms with Crippen molar-refractivity contribution in [3.8, 4) is 0 Å². The van der Waals surface area contributed by atoms with Gasteiger partial charge in [-0.15, -0.1) is 37.2 Å². The molecule has 2 N–H and O–H groups in total. The second-order valence-electron chi connectivity index (χ2n) is 1.86. The van der Waals surface area contributed by atoms with E-state index in [1.807, 2.05) is 0 Å². The van der Waals surface area contributed by atoms with E-state index in [0.717, 1.165) is 0 Å². The Morgan fingerprint density at radius 3 is 1.54 bits per heavy atom. The number of benzene rings is 1. The summed E-state index contributed by atoms with van der Waals surface area (Å²) >= 11 is 0. The normalized spacial score (nSPS) is 8.69. The van der Waals surface area contributed by atoms with Crippen LogP contribution >= 0.6 is 37.2 Å². The molecular formula is C6H10Cl3NO2S. The summed E-state index contributed by atoms with van der Waals surface area (Å²) in [5.74, 6) is 0. The summed E-state index contributed by atoms with van der Waals surface area (Å²) in [4.78, 5) is 0.148. The minimum absolute atomic E-state index is 0. The number of sulfonamides is 1. The lowest BCUT2D eigenvalue weighted by atomic mass is 10.4. The van der Waals surface area contributed by atoms with Crippen molar-refractivity contribution < 1.29 is 8.42 Å². The van der Waals surface area contributed by atoms with Crippen LogP contribution in [0.1, 0.15) is 0 Å². The molecule has 7 heteroatoms. The van der Waals surface area contributed by atoms with E-state index < -0.39 is 10.0 Å². The lowest BCUT2D eigenvalue weighted by molar-refractivity contribution is 0.598. The molecule has 1 aromatic rings. The van der Waals surface area contributed by atoms with E-state index in [1.165, 1.54) is 12.1 Å². The molecular weight excluding hydrogens is 256 g/mol. The molecule has 0 aliphatic carbocycles. The third-order valence-corrected chi connectivity index (χ3v) is 2.00. The van der Waals surface area contributed by atoms with Crippen molar-refractivity contribution in [2.24, 2.45) is 5.14 Å². The Bertz CT molecular complexity index is 314. The first-order valence-corrected chi connectivity index (χ1v) is 4.23. The fourth-order valence-corrected chi connectivity index (χ4v) is 1.15. The molecule has 0 aliphatic heterocycles. The first-order valence-electron chi connectivity index (χ1n) is 2.68. The number of hydrogen-bond acceptors (Lipinski definition) is 2. The average molecular weight is 267 g/mol. The smallest absolute Gasteiger partial charge is 0.225 e. The molecule has 78 valence electrons. The van der Waals surface area contributed by atoms with Crippen LogP contribution in [0.5, 0.6) is 0 Å². The predicted octanol–water partition coefficient (Wildman–Crippen LogP) is 1.60. The molecule has 0 fully saturated rings. The van der Waals surface area contributed by atoms with E-state index in [0.29, 0.717) is 0 Å².